The Balaban J connectivity index is 1.75. The fourth-order valence-electron chi connectivity index (χ4n) is 2.88. The number of benzene rings is 2. The molecule has 2 aromatic rings. The fraction of sp³-hybridized carbons (Fsp3) is 0.211. The highest BCUT2D eigenvalue weighted by Crippen LogP contribution is 2.26. The van der Waals surface area contributed by atoms with Crippen molar-refractivity contribution in [3.8, 4) is 0 Å². The van der Waals surface area contributed by atoms with Gasteiger partial charge in [-0.3, -0.25) is 14.4 Å². The van der Waals surface area contributed by atoms with Gasteiger partial charge in [0.05, 0.1) is 17.1 Å². The molecule has 1 heterocycles. The Morgan fingerprint density at radius 3 is 2.63 bits per heavy atom. The van der Waals surface area contributed by atoms with Crippen molar-refractivity contribution in [1.82, 2.24) is 10.2 Å². The number of anilines is 1. The molecule has 0 aromatic heterocycles. The average molecular weight is 406 g/mol. The highest BCUT2D eigenvalue weighted by Gasteiger charge is 2.35. The van der Waals surface area contributed by atoms with Crippen LogP contribution in [0, 0.1) is 0 Å². The minimum Gasteiger partial charge on any atom is -0.353 e. The predicted molar refractivity (Wildman–Crippen MR) is 104 cm³/mol. The van der Waals surface area contributed by atoms with E-state index >= 15 is 0 Å². The lowest BCUT2D eigenvalue weighted by Gasteiger charge is -2.34. The third kappa shape index (κ3) is 4.59. The SMILES string of the molecule is O=C(C[C@@H]1C(=O)NCCN1C(=O)c1ccccc1)Nc1cc(Cl)ccc1Cl. The minimum atomic E-state index is -0.899. The van der Waals surface area contributed by atoms with Gasteiger partial charge in [-0.15, -0.1) is 0 Å². The van der Waals surface area contributed by atoms with Gasteiger partial charge in [0, 0.05) is 23.7 Å². The predicted octanol–water partition coefficient (Wildman–Crippen LogP) is 2.96. The molecular weight excluding hydrogens is 389 g/mol. The lowest BCUT2D eigenvalue weighted by atomic mass is 10.1. The number of hydrogen-bond donors (Lipinski definition) is 2. The van der Waals surface area contributed by atoms with E-state index in [1.165, 1.54) is 11.0 Å². The van der Waals surface area contributed by atoms with Crippen molar-refractivity contribution in [3.63, 3.8) is 0 Å². The number of rotatable bonds is 4. The first kappa shape index (κ1) is 19.2. The van der Waals surface area contributed by atoms with Crippen LogP contribution in [0.2, 0.25) is 10.0 Å². The summed E-state index contributed by atoms with van der Waals surface area (Å²) in [6, 6.07) is 12.5. The van der Waals surface area contributed by atoms with Gasteiger partial charge in [-0.1, -0.05) is 41.4 Å². The monoisotopic (exact) mass is 405 g/mol. The van der Waals surface area contributed by atoms with Crippen molar-refractivity contribution in [1.29, 1.82) is 0 Å². The van der Waals surface area contributed by atoms with Crippen LogP contribution in [-0.4, -0.2) is 41.8 Å². The summed E-state index contributed by atoms with van der Waals surface area (Å²) in [6.45, 7) is 0.672. The van der Waals surface area contributed by atoms with E-state index in [1.807, 2.05) is 0 Å². The lowest BCUT2D eigenvalue weighted by Crippen LogP contribution is -2.58. The number of nitrogens with zero attached hydrogens (tertiary/aromatic N) is 1. The summed E-state index contributed by atoms with van der Waals surface area (Å²) in [6.07, 6.45) is -0.187. The molecule has 1 atom stereocenters. The molecule has 2 N–H and O–H groups in total. The Hall–Kier alpha value is -2.57. The van der Waals surface area contributed by atoms with Gasteiger partial charge in [0.2, 0.25) is 11.8 Å². The first-order valence-corrected chi connectivity index (χ1v) is 9.10. The zero-order chi connectivity index (χ0) is 19.4. The van der Waals surface area contributed by atoms with E-state index in [4.69, 9.17) is 23.2 Å². The average Bonchev–Trinajstić information content (AvgIpc) is 2.66. The third-order valence-corrected chi connectivity index (χ3v) is 4.76. The maximum absolute atomic E-state index is 12.8. The maximum Gasteiger partial charge on any atom is 0.254 e. The van der Waals surface area contributed by atoms with E-state index in [0.717, 1.165) is 0 Å². The van der Waals surface area contributed by atoms with E-state index in [0.29, 0.717) is 34.4 Å². The Morgan fingerprint density at radius 2 is 1.89 bits per heavy atom. The van der Waals surface area contributed by atoms with Gasteiger partial charge in [0.15, 0.2) is 0 Å². The van der Waals surface area contributed by atoms with Crippen LogP contribution in [0.4, 0.5) is 5.69 Å². The number of halogens is 2. The first-order chi connectivity index (χ1) is 13.0. The van der Waals surface area contributed by atoms with E-state index in [1.54, 1.807) is 42.5 Å². The summed E-state index contributed by atoms with van der Waals surface area (Å²) < 4.78 is 0. The molecule has 0 saturated carbocycles. The standard InChI is InChI=1S/C19H17Cl2N3O3/c20-13-6-7-14(21)15(10-13)23-17(25)11-16-18(26)22-8-9-24(16)19(27)12-4-2-1-3-5-12/h1-7,10,16H,8-9,11H2,(H,22,26)(H,23,25)/t16-/m1/s1. The second-order valence-corrected chi connectivity index (χ2v) is 6.89. The summed E-state index contributed by atoms with van der Waals surface area (Å²) in [5.74, 6) is -1.09. The number of carbonyl (C=O) groups excluding carboxylic acids is 3. The van der Waals surface area contributed by atoms with Crippen LogP contribution >= 0.6 is 23.2 Å². The Bertz CT molecular complexity index is 874. The Labute approximate surface area is 166 Å². The number of nitrogens with one attached hydrogen (secondary N) is 2. The molecule has 140 valence electrons. The Morgan fingerprint density at radius 1 is 1.15 bits per heavy atom. The van der Waals surface area contributed by atoms with Crippen LogP contribution in [0.5, 0.6) is 0 Å². The normalized spacial score (nSPS) is 16.6. The number of piperazine rings is 1. The molecule has 8 heteroatoms. The van der Waals surface area contributed by atoms with Crippen LogP contribution in [0.15, 0.2) is 48.5 Å². The lowest BCUT2D eigenvalue weighted by molar-refractivity contribution is -0.131. The molecule has 0 aliphatic carbocycles. The fourth-order valence-corrected chi connectivity index (χ4v) is 3.21. The number of carbonyl (C=O) groups is 3. The van der Waals surface area contributed by atoms with Crippen molar-refractivity contribution in [2.24, 2.45) is 0 Å². The topological polar surface area (TPSA) is 78.5 Å². The molecule has 3 rings (SSSR count). The summed E-state index contributed by atoms with van der Waals surface area (Å²) in [4.78, 5) is 39.0. The van der Waals surface area contributed by atoms with Crippen molar-refractivity contribution < 1.29 is 14.4 Å². The highest BCUT2D eigenvalue weighted by molar-refractivity contribution is 6.35. The zero-order valence-electron chi connectivity index (χ0n) is 14.2. The van der Waals surface area contributed by atoms with Crippen molar-refractivity contribution >= 4 is 46.6 Å². The van der Waals surface area contributed by atoms with Gasteiger partial charge in [-0.05, 0) is 30.3 Å². The van der Waals surface area contributed by atoms with Crippen LogP contribution in [0.3, 0.4) is 0 Å². The van der Waals surface area contributed by atoms with Gasteiger partial charge in [-0.2, -0.15) is 0 Å². The summed E-state index contributed by atoms with van der Waals surface area (Å²) in [7, 11) is 0. The Kier molecular flexibility index (Phi) is 5.98. The second kappa shape index (κ2) is 8.41. The largest absolute Gasteiger partial charge is 0.353 e. The summed E-state index contributed by atoms with van der Waals surface area (Å²) in [5, 5.41) is 6.10. The minimum absolute atomic E-state index is 0.187. The molecule has 6 nitrogen and oxygen atoms in total. The van der Waals surface area contributed by atoms with Crippen LogP contribution in [0.25, 0.3) is 0 Å². The second-order valence-electron chi connectivity index (χ2n) is 6.05. The molecule has 0 spiro atoms. The van der Waals surface area contributed by atoms with E-state index in [2.05, 4.69) is 10.6 Å². The molecule has 1 fully saturated rings. The highest BCUT2D eigenvalue weighted by atomic mass is 35.5. The summed E-state index contributed by atoms with van der Waals surface area (Å²) in [5.41, 5.74) is 0.821. The molecule has 0 unspecified atom stereocenters. The molecule has 3 amide bonds. The molecule has 1 aliphatic heterocycles. The quantitative estimate of drug-likeness (QED) is 0.820. The molecule has 27 heavy (non-hydrogen) atoms. The van der Waals surface area contributed by atoms with Gasteiger partial charge < -0.3 is 15.5 Å². The molecule has 1 aliphatic rings. The maximum atomic E-state index is 12.8. The first-order valence-electron chi connectivity index (χ1n) is 8.34. The van der Waals surface area contributed by atoms with Gasteiger partial charge in [0.25, 0.3) is 5.91 Å². The summed E-state index contributed by atoms with van der Waals surface area (Å²) >= 11 is 12.0. The molecule has 1 saturated heterocycles. The van der Waals surface area contributed by atoms with E-state index in [-0.39, 0.29) is 18.2 Å². The molecule has 0 radical (unpaired) electrons. The van der Waals surface area contributed by atoms with Crippen LogP contribution in [-0.2, 0) is 9.59 Å². The van der Waals surface area contributed by atoms with Gasteiger partial charge in [0.1, 0.15) is 6.04 Å². The van der Waals surface area contributed by atoms with Gasteiger partial charge >= 0.3 is 0 Å². The van der Waals surface area contributed by atoms with Crippen LogP contribution in [0.1, 0.15) is 16.8 Å². The van der Waals surface area contributed by atoms with Crippen LogP contribution < -0.4 is 10.6 Å². The van der Waals surface area contributed by atoms with E-state index < -0.39 is 11.9 Å². The van der Waals surface area contributed by atoms with Crippen molar-refractivity contribution in [2.75, 3.05) is 18.4 Å². The number of hydrogen-bond acceptors (Lipinski definition) is 3. The van der Waals surface area contributed by atoms with Crippen molar-refractivity contribution in [2.45, 2.75) is 12.5 Å². The zero-order valence-corrected chi connectivity index (χ0v) is 15.8. The molecule has 0 bridgehead atoms. The van der Waals surface area contributed by atoms with E-state index in [9.17, 15) is 14.4 Å². The smallest absolute Gasteiger partial charge is 0.254 e. The van der Waals surface area contributed by atoms with Gasteiger partial charge in [-0.25, -0.2) is 0 Å². The van der Waals surface area contributed by atoms with Crippen molar-refractivity contribution in [3.05, 3.63) is 64.1 Å². The molecular formula is C19H17Cl2N3O3. The third-order valence-electron chi connectivity index (χ3n) is 4.19. The number of amides is 3. The molecule has 2 aromatic carbocycles.